The number of imide groups is 1. The highest BCUT2D eigenvalue weighted by molar-refractivity contribution is 6.34. The predicted octanol–water partition coefficient (Wildman–Crippen LogP) is 2.87. The second-order valence-corrected chi connectivity index (χ2v) is 7.07. The molecule has 4 rings (SSSR count). The van der Waals surface area contributed by atoms with Crippen LogP contribution in [0.1, 0.15) is 60.7 Å². The Morgan fingerprint density at radius 2 is 1.48 bits per heavy atom. The Kier molecular flexibility index (Phi) is 4.54. The first-order valence-corrected chi connectivity index (χ1v) is 9.27. The van der Waals surface area contributed by atoms with Gasteiger partial charge in [0.25, 0.3) is 11.8 Å². The molecule has 0 atom stereocenters. The van der Waals surface area contributed by atoms with Gasteiger partial charge in [0.1, 0.15) is 0 Å². The van der Waals surface area contributed by atoms with E-state index in [9.17, 15) is 24.3 Å². The third-order valence-electron chi connectivity index (χ3n) is 5.30. The van der Waals surface area contributed by atoms with Gasteiger partial charge in [-0.3, -0.25) is 9.59 Å². The van der Waals surface area contributed by atoms with Crippen LogP contribution in [0.15, 0.2) is 36.4 Å². The van der Waals surface area contributed by atoms with Gasteiger partial charge in [-0.25, -0.2) is 14.5 Å². The largest absolute Gasteiger partial charge is 0.478 e. The number of nitrogens with zero attached hydrogens (tertiary/aromatic N) is 2. The van der Waals surface area contributed by atoms with Crippen molar-refractivity contribution in [3.05, 3.63) is 58.7 Å². The van der Waals surface area contributed by atoms with Gasteiger partial charge in [-0.15, -0.1) is 0 Å². The van der Waals surface area contributed by atoms with Crippen LogP contribution in [0.5, 0.6) is 0 Å². The van der Waals surface area contributed by atoms with Crippen molar-refractivity contribution in [2.45, 2.75) is 19.3 Å². The standard InChI is InChI=1S/C21H18N2O6/c24-18-14-6-4-12(20(26)27)10-15(14)19(25)23(18)13-5-7-17(16(11-13)21(28)29)22-8-2-1-3-9-22/h4-7,10-11H,1-3,8-9H2,(H,26,27)(H,28,29). The molecule has 8 heteroatoms. The first-order valence-electron chi connectivity index (χ1n) is 9.27. The highest BCUT2D eigenvalue weighted by Crippen LogP contribution is 2.33. The molecular weight excluding hydrogens is 376 g/mol. The molecule has 29 heavy (non-hydrogen) atoms. The SMILES string of the molecule is O=C(O)c1ccc2c(c1)C(=O)N(c1ccc(N3CCCCC3)c(C(=O)O)c1)C2=O. The lowest BCUT2D eigenvalue weighted by Gasteiger charge is -2.30. The highest BCUT2D eigenvalue weighted by Gasteiger charge is 2.37. The lowest BCUT2D eigenvalue weighted by atomic mass is 10.1. The maximum Gasteiger partial charge on any atom is 0.337 e. The first kappa shape index (κ1) is 18.7. The van der Waals surface area contributed by atoms with Crippen LogP contribution in [0.25, 0.3) is 0 Å². The number of carboxylic acids is 2. The van der Waals surface area contributed by atoms with Gasteiger partial charge in [0.2, 0.25) is 0 Å². The van der Waals surface area contributed by atoms with E-state index < -0.39 is 23.8 Å². The van der Waals surface area contributed by atoms with E-state index in [2.05, 4.69) is 0 Å². The van der Waals surface area contributed by atoms with Gasteiger partial charge in [0, 0.05) is 13.1 Å². The maximum absolute atomic E-state index is 12.8. The van der Waals surface area contributed by atoms with Gasteiger partial charge in [-0.2, -0.15) is 0 Å². The molecule has 2 aromatic carbocycles. The number of hydrogen-bond acceptors (Lipinski definition) is 5. The van der Waals surface area contributed by atoms with E-state index in [4.69, 9.17) is 5.11 Å². The van der Waals surface area contributed by atoms with Crippen LogP contribution in [0.2, 0.25) is 0 Å². The maximum atomic E-state index is 12.8. The molecule has 0 spiro atoms. The molecule has 0 unspecified atom stereocenters. The van der Waals surface area contributed by atoms with Crippen LogP contribution < -0.4 is 9.80 Å². The molecule has 8 nitrogen and oxygen atoms in total. The van der Waals surface area contributed by atoms with Crippen molar-refractivity contribution in [1.29, 1.82) is 0 Å². The van der Waals surface area contributed by atoms with Crippen LogP contribution in [-0.2, 0) is 0 Å². The molecule has 2 aliphatic heterocycles. The Labute approximate surface area is 166 Å². The molecule has 0 bridgehead atoms. The van der Waals surface area contributed by atoms with E-state index in [1.54, 1.807) is 12.1 Å². The monoisotopic (exact) mass is 394 g/mol. The average Bonchev–Trinajstić information content (AvgIpc) is 2.98. The van der Waals surface area contributed by atoms with E-state index in [0.717, 1.165) is 43.3 Å². The Hall–Kier alpha value is -3.68. The number of carbonyl (C=O) groups is 4. The second kappa shape index (κ2) is 7.05. The van der Waals surface area contributed by atoms with Crippen molar-refractivity contribution in [2.24, 2.45) is 0 Å². The fraction of sp³-hybridized carbons (Fsp3) is 0.238. The van der Waals surface area contributed by atoms with Crippen LogP contribution in [0.3, 0.4) is 0 Å². The molecule has 148 valence electrons. The summed E-state index contributed by atoms with van der Waals surface area (Å²) in [4.78, 5) is 51.5. The summed E-state index contributed by atoms with van der Waals surface area (Å²) in [5.74, 6) is -3.62. The third kappa shape index (κ3) is 3.12. The molecule has 0 aromatic heterocycles. The summed E-state index contributed by atoms with van der Waals surface area (Å²) in [5, 5.41) is 18.8. The summed E-state index contributed by atoms with van der Waals surface area (Å²) in [6, 6.07) is 8.23. The topological polar surface area (TPSA) is 115 Å². The summed E-state index contributed by atoms with van der Waals surface area (Å²) in [6.45, 7) is 1.51. The highest BCUT2D eigenvalue weighted by atomic mass is 16.4. The molecule has 0 aliphatic carbocycles. The lowest BCUT2D eigenvalue weighted by molar-refractivity contribution is 0.0686. The Balaban J connectivity index is 1.74. The zero-order valence-electron chi connectivity index (χ0n) is 15.4. The molecular formula is C21H18N2O6. The molecule has 0 radical (unpaired) electrons. The summed E-state index contributed by atoms with van der Waals surface area (Å²) in [7, 11) is 0. The molecule has 0 saturated carbocycles. The Bertz CT molecular complexity index is 1060. The van der Waals surface area contributed by atoms with Crippen LogP contribution in [0, 0.1) is 0 Å². The number of benzene rings is 2. The molecule has 2 amide bonds. The smallest absolute Gasteiger partial charge is 0.337 e. The van der Waals surface area contributed by atoms with Crippen molar-refractivity contribution < 1.29 is 29.4 Å². The summed E-state index contributed by atoms with van der Waals surface area (Å²) in [6.07, 6.45) is 3.06. The minimum Gasteiger partial charge on any atom is -0.478 e. The number of fused-ring (bicyclic) bond motifs is 1. The predicted molar refractivity (Wildman–Crippen MR) is 104 cm³/mol. The van der Waals surface area contributed by atoms with Crippen molar-refractivity contribution in [1.82, 2.24) is 0 Å². The van der Waals surface area contributed by atoms with Crippen LogP contribution in [-0.4, -0.2) is 47.1 Å². The number of amides is 2. The van der Waals surface area contributed by atoms with Crippen molar-refractivity contribution in [2.75, 3.05) is 22.9 Å². The van der Waals surface area contributed by atoms with Gasteiger partial charge in [0.15, 0.2) is 0 Å². The molecule has 2 aromatic rings. The molecule has 1 saturated heterocycles. The van der Waals surface area contributed by atoms with Gasteiger partial charge in [-0.1, -0.05) is 0 Å². The normalized spacial score (nSPS) is 16.1. The zero-order chi connectivity index (χ0) is 20.7. The van der Waals surface area contributed by atoms with Crippen molar-refractivity contribution >= 4 is 35.1 Å². The number of carbonyl (C=O) groups excluding carboxylic acids is 2. The summed E-state index contributed by atoms with van der Waals surface area (Å²) in [5.41, 5.74) is 0.714. The van der Waals surface area contributed by atoms with Crippen LogP contribution in [0.4, 0.5) is 11.4 Å². The number of rotatable bonds is 4. The molecule has 2 heterocycles. The number of aromatic carboxylic acids is 2. The zero-order valence-corrected chi connectivity index (χ0v) is 15.4. The molecule has 1 fully saturated rings. The average molecular weight is 394 g/mol. The fourth-order valence-electron chi connectivity index (χ4n) is 3.85. The van der Waals surface area contributed by atoms with Crippen LogP contribution >= 0.6 is 0 Å². The van der Waals surface area contributed by atoms with Gasteiger partial charge < -0.3 is 15.1 Å². The first-order chi connectivity index (χ1) is 13.9. The Morgan fingerprint density at radius 3 is 2.14 bits per heavy atom. The van der Waals surface area contributed by atoms with Gasteiger partial charge in [0.05, 0.1) is 33.6 Å². The lowest BCUT2D eigenvalue weighted by Crippen LogP contribution is -2.32. The molecule has 2 aliphatic rings. The van der Waals surface area contributed by atoms with Gasteiger partial charge in [-0.05, 0) is 55.7 Å². The molecule has 2 N–H and O–H groups in total. The third-order valence-corrected chi connectivity index (χ3v) is 5.30. The van der Waals surface area contributed by atoms with E-state index in [1.807, 2.05) is 4.90 Å². The number of anilines is 2. The van der Waals surface area contributed by atoms with Crippen molar-refractivity contribution in [3.8, 4) is 0 Å². The minimum atomic E-state index is -1.20. The van der Waals surface area contributed by atoms with E-state index in [1.165, 1.54) is 18.2 Å². The summed E-state index contributed by atoms with van der Waals surface area (Å²) >= 11 is 0. The Morgan fingerprint density at radius 1 is 0.793 bits per heavy atom. The summed E-state index contributed by atoms with van der Waals surface area (Å²) < 4.78 is 0. The van der Waals surface area contributed by atoms with E-state index in [-0.39, 0.29) is 27.9 Å². The quantitative estimate of drug-likeness (QED) is 0.766. The second-order valence-electron chi connectivity index (χ2n) is 7.07. The number of carboxylic acid groups (broad SMARTS) is 2. The number of piperidine rings is 1. The van der Waals surface area contributed by atoms with E-state index >= 15 is 0 Å². The number of hydrogen-bond donors (Lipinski definition) is 2. The fourth-order valence-corrected chi connectivity index (χ4v) is 3.85. The minimum absolute atomic E-state index is 0.00752. The van der Waals surface area contributed by atoms with E-state index in [0.29, 0.717) is 5.69 Å². The van der Waals surface area contributed by atoms with Crippen molar-refractivity contribution in [3.63, 3.8) is 0 Å². The van der Waals surface area contributed by atoms with Gasteiger partial charge >= 0.3 is 11.9 Å².